The molecule has 1 aliphatic heterocycles. The summed E-state index contributed by atoms with van der Waals surface area (Å²) in [6, 6.07) is 11.6. The van der Waals surface area contributed by atoms with Gasteiger partial charge in [0.05, 0.1) is 47.1 Å². The molecule has 1 aliphatic rings. The number of ether oxygens (including phenoxy) is 2. The van der Waals surface area contributed by atoms with E-state index < -0.39 is 47.2 Å². The number of carboxylic acids is 1. The molecule has 1 saturated heterocycles. The summed E-state index contributed by atoms with van der Waals surface area (Å²) < 4.78 is 85.3. The fraction of sp³-hybridized carbons (Fsp3) is 0.242. The van der Waals surface area contributed by atoms with Gasteiger partial charge in [-0.05, 0) is 42.0 Å². The van der Waals surface area contributed by atoms with Crippen molar-refractivity contribution in [3.63, 3.8) is 0 Å². The average molecular weight is 624 g/mol. The lowest BCUT2D eigenvalue weighted by molar-refractivity contribution is 0.0697. The lowest BCUT2D eigenvalue weighted by Gasteiger charge is -2.28. The molecule has 2 aromatic heterocycles. The summed E-state index contributed by atoms with van der Waals surface area (Å²) in [5.74, 6) is -5.66. The van der Waals surface area contributed by atoms with Crippen molar-refractivity contribution in [1.82, 2.24) is 14.5 Å². The molecule has 1 N–H and O–H groups in total. The molecule has 3 aromatic carbocycles. The van der Waals surface area contributed by atoms with E-state index >= 15 is 8.78 Å². The maximum absolute atomic E-state index is 15.6. The van der Waals surface area contributed by atoms with Gasteiger partial charge in [0.2, 0.25) is 5.88 Å². The topological polar surface area (TPSA) is 86.5 Å². The number of hydrogen-bond donors (Lipinski definition) is 1. The first-order chi connectivity index (χ1) is 21.4. The fourth-order valence-corrected chi connectivity index (χ4v) is 5.52. The Bertz CT molecular complexity index is 1940. The van der Waals surface area contributed by atoms with Crippen molar-refractivity contribution in [3.8, 4) is 17.1 Å². The molecule has 0 unspecified atom stereocenters. The Morgan fingerprint density at radius 2 is 1.73 bits per heavy atom. The third-order valence-corrected chi connectivity index (χ3v) is 7.93. The first-order valence-electron chi connectivity index (χ1n) is 13.9. The molecule has 0 spiro atoms. The first kappa shape index (κ1) is 30.2. The van der Waals surface area contributed by atoms with E-state index in [1.54, 1.807) is 6.07 Å². The van der Waals surface area contributed by atoms with Crippen LogP contribution in [0.15, 0.2) is 60.7 Å². The van der Waals surface area contributed by atoms with Crippen molar-refractivity contribution in [2.45, 2.75) is 32.9 Å². The van der Waals surface area contributed by atoms with E-state index in [1.165, 1.54) is 30.3 Å². The summed E-state index contributed by atoms with van der Waals surface area (Å²) in [4.78, 5) is 20.5. The van der Waals surface area contributed by atoms with Crippen LogP contribution in [-0.4, -0.2) is 38.8 Å². The molecule has 232 valence electrons. The minimum atomic E-state index is -1.13. The minimum absolute atomic E-state index is 0.00814. The number of nitrogens with zero attached hydrogens (tertiary/aromatic N) is 3. The molecule has 1 atom stereocenters. The number of carbonyl (C=O) groups is 1. The van der Waals surface area contributed by atoms with Crippen LogP contribution in [0.4, 0.5) is 22.0 Å². The molecule has 3 heterocycles. The second-order valence-corrected chi connectivity index (χ2v) is 11.5. The minimum Gasteiger partial charge on any atom is -0.478 e. The lowest BCUT2D eigenvalue weighted by Crippen LogP contribution is -2.27. The van der Waals surface area contributed by atoms with Crippen LogP contribution >= 0.6 is 0 Å². The van der Waals surface area contributed by atoms with Gasteiger partial charge in [-0.25, -0.2) is 36.7 Å². The molecule has 12 heteroatoms. The van der Waals surface area contributed by atoms with Gasteiger partial charge in [-0.15, -0.1) is 0 Å². The number of rotatable bonds is 8. The Balaban J connectivity index is 1.31. The highest BCUT2D eigenvalue weighted by atomic mass is 19.2. The highest BCUT2D eigenvalue weighted by Crippen LogP contribution is 2.40. The Morgan fingerprint density at radius 3 is 2.42 bits per heavy atom. The third-order valence-electron chi connectivity index (χ3n) is 7.93. The summed E-state index contributed by atoms with van der Waals surface area (Å²) in [7, 11) is 0. The van der Waals surface area contributed by atoms with Crippen LogP contribution in [-0.2, 0) is 17.8 Å². The number of fused-ring (bicyclic) bond motifs is 1. The van der Waals surface area contributed by atoms with Gasteiger partial charge in [0.15, 0.2) is 0 Å². The van der Waals surface area contributed by atoms with Crippen LogP contribution in [0.1, 0.15) is 47.2 Å². The molecule has 6 rings (SSSR count). The standard InChI is InChI=1S/C33H26F5N3O4/c1-33(2)16-44-15-29(33)41-28-9-17(32(42)43)6-7-27(28)39-30(41)10-18-8-23(36)20(13-22(18)35)26-4-3-5-31(40-26)45-14-21-24(37)11-19(34)12-25(21)38/h3-9,11-13,29H,10,14-16H2,1-2H3,(H,42,43)/t29-/m1/s1. The van der Waals surface area contributed by atoms with E-state index in [4.69, 9.17) is 9.47 Å². The van der Waals surface area contributed by atoms with E-state index in [1.807, 2.05) is 18.4 Å². The lowest BCUT2D eigenvalue weighted by atomic mass is 9.87. The molecule has 5 aromatic rings. The van der Waals surface area contributed by atoms with Crippen molar-refractivity contribution in [1.29, 1.82) is 0 Å². The number of halogens is 5. The maximum atomic E-state index is 15.6. The quantitative estimate of drug-likeness (QED) is 0.183. The fourth-order valence-electron chi connectivity index (χ4n) is 5.52. The van der Waals surface area contributed by atoms with Gasteiger partial charge in [0.1, 0.15) is 41.5 Å². The Hall–Kier alpha value is -4.84. The van der Waals surface area contributed by atoms with Crippen LogP contribution in [0.5, 0.6) is 5.88 Å². The van der Waals surface area contributed by atoms with Crippen LogP contribution in [0.2, 0.25) is 0 Å². The van der Waals surface area contributed by atoms with Crippen LogP contribution in [0, 0.1) is 34.5 Å². The SMILES string of the molecule is CC1(C)COC[C@H]1n1c(Cc2cc(F)c(-c3cccc(OCc4c(F)cc(F)cc4F)n3)cc2F)nc2ccc(C(=O)O)cc21. The Labute approximate surface area is 253 Å². The zero-order chi connectivity index (χ0) is 32.0. The van der Waals surface area contributed by atoms with E-state index in [0.717, 1.165) is 12.1 Å². The number of aromatic carboxylic acids is 1. The molecule has 0 aliphatic carbocycles. The van der Waals surface area contributed by atoms with Crippen molar-refractivity contribution in [2.24, 2.45) is 5.41 Å². The maximum Gasteiger partial charge on any atom is 0.335 e. The summed E-state index contributed by atoms with van der Waals surface area (Å²) in [6.45, 7) is 4.20. The van der Waals surface area contributed by atoms with Crippen molar-refractivity contribution in [2.75, 3.05) is 13.2 Å². The molecule has 7 nitrogen and oxygen atoms in total. The Morgan fingerprint density at radius 1 is 0.978 bits per heavy atom. The molecular weight excluding hydrogens is 597 g/mol. The van der Waals surface area contributed by atoms with Gasteiger partial charge >= 0.3 is 5.97 Å². The highest BCUT2D eigenvalue weighted by Gasteiger charge is 2.39. The summed E-state index contributed by atoms with van der Waals surface area (Å²) in [6.07, 6.45) is -0.0991. The molecule has 0 amide bonds. The zero-order valence-corrected chi connectivity index (χ0v) is 24.1. The number of pyridine rings is 1. The Kier molecular flexibility index (Phi) is 7.77. The van der Waals surface area contributed by atoms with Gasteiger partial charge in [-0.1, -0.05) is 19.9 Å². The number of imidazole rings is 1. The van der Waals surface area contributed by atoms with Crippen molar-refractivity contribution < 1.29 is 41.3 Å². The predicted molar refractivity (Wildman–Crippen MR) is 153 cm³/mol. The number of hydrogen-bond acceptors (Lipinski definition) is 5. The number of carboxylic acid groups (broad SMARTS) is 1. The second-order valence-electron chi connectivity index (χ2n) is 11.5. The predicted octanol–water partition coefficient (Wildman–Crippen LogP) is 7.26. The summed E-state index contributed by atoms with van der Waals surface area (Å²) >= 11 is 0. The average Bonchev–Trinajstić information content (AvgIpc) is 3.51. The van der Waals surface area contributed by atoms with Gasteiger partial charge in [0.25, 0.3) is 0 Å². The van der Waals surface area contributed by atoms with E-state index in [-0.39, 0.29) is 46.1 Å². The van der Waals surface area contributed by atoms with Crippen molar-refractivity contribution >= 4 is 17.0 Å². The van der Waals surface area contributed by atoms with Crippen LogP contribution < -0.4 is 4.74 Å². The van der Waals surface area contributed by atoms with E-state index in [2.05, 4.69) is 9.97 Å². The van der Waals surface area contributed by atoms with Crippen molar-refractivity contribution in [3.05, 3.63) is 112 Å². The molecule has 45 heavy (non-hydrogen) atoms. The monoisotopic (exact) mass is 623 g/mol. The number of aromatic nitrogens is 3. The summed E-state index contributed by atoms with van der Waals surface area (Å²) in [5.41, 5.74) is 0.117. The molecule has 1 fully saturated rings. The van der Waals surface area contributed by atoms with Gasteiger partial charge in [0, 0.05) is 35.6 Å². The van der Waals surface area contributed by atoms with E-state index in [9.17, 15) is 23.1 Å². The molecule has 0 radical (unpaired) electrons. The van der Waals surface area contributed by atoms with Crippen LogP contribution in [0.25, 0.3) is 22.3 Å². The molecule has 0 saturated carbocycles. The van der Waals surface area contributed by atoms with E-state index in [0.29, 0.717) is 42.2 Å². The van der Waals surface area contributed by atoms with Crippen LogP contribution in [0.3, 0.4) is 0 Å². The summed E-state index contributed by atoms with van der Waals surface area (Å²) in [5, 5.41) is 9.56. The molecule has 0 bridgehead atoms. The second kappa shape index (κ2) is 11.6. The number of benzene rings is 3. The van der Waals surface area contributed by atoms with Gasteiger partial charge in [-0.2, -0.15) is 0 Å². The molecular formula is C33H26F5N3O4. The highest BCUT2D eigenvalue weighted by molar-refractivity contribution is 5.92. The van der Waals surface area contributed by atoms with Gasteiger partial charge in [-0.3, -0.25) is 0 Å². The largest absolute Gasteiger partial charge is 0.478 e. The first-order valence-corrected chi connectivity index (χ1v) is 13.9. The normalized spacial score (nSPS) is 15.9. The smallest absolute Gasteiger partial charge is 0.335 e. The third kappa shape index (κ3) is 5.85. The van der Waals surface area contributed by atoms with Gasteiger partial charge < -0.3 is 19.1 Å². The zero-order valence-electron chi connectivity index (χ0n) is 24.1.